The van der Waals surface area contributed by atoms with Gasteiger partial charge in [-0.05, 0) is 81.8 Å². The van der Waals surface area contributed by atoms with E-state index < -0.39 is 5.82 Å². The third-order valence-electron chi connectivity index (χ3n) is 6.46. The number of carbonyl (C=O) groups is 1. The molecule has 3 aromatic rings. The largest absolute Gasteiger partial charge is 0.309 e. The lowest BCUT2D eigenvalue weighted by molar-refractivity contribution is 0.112. The van der Waals surface area contributed by atoms with Crippen molar-refractivity contribution in [2.24, 2.45) is 0 Å². The van der Waals surface area contributed by atoms with Crippen LogP contribution in [-0.2, 0) is 0 Å². The summed E-state index contributed by atoms with van der Waals surface area (Å²) in [5.41, 5.74) is 2.94. The zero-order chi connectivity index (χ0) is 22.2. The second-order valence-corrected chi connectivity index (χ2v) is 9.85. The Kier molecular flexibility index (Phi) is 5.73. The van der Waals surface area contributed by atoms with Gasteiger partial charge in [-0.3, -0.25) is 4.79 Å². The zero-order valence-electron chi connectivity index (χ0n) is 18.3. The summed E-state index contributed by atoms with van der Waals surface area (Å²) < 4.78 is 14.7. The van der Waals surface area contributed by atoms with Crippen LogP contribution in [0.2, 0.25) is 0 Å². The number of likely N-dealkylation sites (tertiary alicyclic amines) is 1. The van der Waals surface area contributed by atoms with Gasteiger partial charge in [0.25, 0.3) is 0 Å². The fourth-order valence-electron chi connectivity index (χ4n) is 4.33. The first-order valence-electron chi connectivity index (χ1n) is 11.1. The highest BCUT2D eigenvalue weighted by Crippen LogP contribution is 2.48. The maximum absolute atomic E-state index is 14.7. The van der Waals surface area contributed by atoms with Crippen LogP contribution in [0.5, 0.6) is 0 Å². The van der Waals surface area contributed by atoms with Crippen LogP contribution in [0.3, 0.4) is 0 Å². The maximum Gasteiger partial charge on any atom is 0.229 e. The van der Waals surface area contributed by atoms with Crippen molar-refractivity contribution in [2.75, 3.05) is 25.5 Å². The standard InChI is InChI=1S/C24H26FN5OS/c1-14-18(13-31)23(16-3-4-16)32-22(14)21-19(25)12-27-24(29-21)28-20-6-5-17(11-26-20)15-7-9-30(2)10-8-15/h5-6,11-13,15-16H,3-4,7-10H2,1-2H3,(H,26,27,28,29). The monoisotopic (exact) mass is 451 g/mol. The van der Waals surface area contributed by atoms with Crippen LogP contribution >= 0.6 is 11.3 Å². The highest BCUT2D eigenvalue weighted by Gasteiger charge is 2.31. The molecule has 8 heteroatoms. The van der Waals surface area contributed by atoms with E-state index >= 15 is 0 Å². The molecule has 0 radical (unpaired) electrons. The summed E-state index contributed by atoms with van der Waals surface area (Å²) >= 11 is 1.47. The number of aromatic nitrogens is 3. The van der Waals surface area contributed by atoms with Crippen LogP contribution in [0.1, 0.15) is 63.9 Å². The minimum absolute atomic E-state index is 0.225. The fourth-order valence-corrected chi connectivity index (χ4v) is 5.77. The number of thiophene rings is 1. The highest BCUT2D eigenvalue weighted by molar-refractivity contribution is 7.16. The van der Waals surface area contributed by atoms with Gasteiger partial charge in [-0.1, -0.05) is 6.07 Å². The number of aldehydes is 1. The van der Waals surface area contributed by atoms with Gasteiger partial charge in [0, 0.05) is 16.6 Å². The van der Waals surface area contributed by atoms with Gasteiger partial charge in [-0.15, -0.1) is 11.3 Å². The van der Waals surface area contributed by atoms with Gasteiger partial charge in [-0.2, -0.15) is 0 Å². The molecule has 4 heterocycles. The van der Waals surface area contributed by atoms with Crippen LogP contribution in [0.15, 0.2) is 24.5 Å². The summed E-state index contributed by atoms with van der Waals surface area (Å²) in [6, 6.07) is 4.02. The molecule has 1 saturated heterocycles. The number of halogens is 1. The second kappa shape index (κ2) is 8.67. The average molecular weight is 452 g/mol. The Morgan fingerprint density at radius 2 is 1.91 bits per heavy atom. The van der Waals surface area contributed by atoms with Crippen molar-refractivity contribution in [3.8, 4) is 10.6 Å². The summed E-state index contributed by atoms with van der Waals surface area (Å²) in [4.78, 5) is 28.8. The first-order valence-corrected chi connectivity index (χ1v) is 11.9. The van der Waals surface area contributed by atoms with Gasteiger partial charge in [0.2, 0.25) is 5.95 Å². The Hall–Kier alpha value is -2.71. The molecule has 0 atom stereocenters. The molecule has 0 unspecified atom stereocenters. The molecule has 1 aliphatic heterocycles. The molecule has 2 fully saturated rings. The van der Waals surface area contributed by atoms with E-state index in [1.165, 1.54) is 23.1 Å². The average Bonchev–Trinajstić information content (AvgIpc) is 3.59. The molecule has 1 N–H and O–H groups in total. The van der Waals surface area contributed by atoms with Crippen molar-refractivity contribution in [1.82, 2.24) is 19.9 Å². The Bertz CT molecular complexity index is 1130. The molecule has 32 heavy (non-hydrogen) atoms. The van der Waals surface area contributed by atoms with Crippen LogP contribution in [0, 0.1) is 12.7 Å². The number of pyridine rings is 1. The Morgan fingerprint density at radius 3 is 2.56 bits per heavy atom. The molecule has 0 amide bonds. The van der Waals surface area contributed by atoms with Gasteiger partial charge in [-0.25, -0.2) is 19.3 Å². The van der Waals surface area contributed by atoms with Gasteiger partial charge in [0.05, 0.1) is 11.1 Å². The van der Waals surface area contributed by atoms with E-state index in [-0.39, 0.29) is 11.6 Å². The topological polar surface area (TPSA) is 71.0 Å². The molecule has 3 aromatic heterocycles. The predicted octanol–water partition coefficient (Wildman–Crippen LogP) is 5.29. The third-order valence-corrected chi connectivity index (χ3v) is 7.94. The van der Waals surface area contributed by atoms with Crippen LogP contribution < -0.4 is 5.32 Å². The molecule has 6 nitrogen and oxygen atoms in total. The first-order chi connectivity index (χ1) is 15.5. The van der Waals surface area contributed by atoms with E-state index in [4.69, 9.17) is 0 Å². The van der Waals surface area contributed by atoms with Crippen molar-refractivity contribution in [2.45, 2.75) is 44.4 Å². The van der Waals surface area contributed by atoms with E-state index in [9.17, 15) is 9.18 Å². The molecule has 1 aliphatic carbocycles. The Labute approximate surface area is 190 Å². The Morgan fingerprint density at radius 1 is 1.12 bits per heavy atom. The number of rotatable bonds is 6. The van der Waals surface area contributed by atoms with Gasteiger partial charge >= 0.3 is 0 Å². The molecule has 1 saturated carbocycles. The quantitative estimate of drug-likeness (QED) is 0.514. The second-order valence-electron chi connectivity index (χ2n) is 8.80. The normalized spacial score (nSPS) is 17.5. The molecule has 0 spiro atoms. The molecule has 0 bridgehead atoms. The predicted molar refractivity (Wildman–Crippen MR) is 124 cm³/mol. The maximum atomic E-state index is 14.7. The van der Waals surface area contributed by atoms with E-state index in [0.29, 0.717) is 28.1 Å². The number of hydrogen-bond donors (Lipinski definition) is 1. The number of hydrogen-bond acceptors (Lipinski definition) is 7. The van der Waals surface area contributed by atoms with E-state index in [0.717, 1.165) is 55.5 Å². The molecule has 2 aliphatic rings. The van der Waals surface area contributed by atoms with Crippen LogP contribution in [0.25, 0.3) is 10.6 Å². The summed E-state index contributed by atoms with van der Waals surface area (Å²) in [6.45, 7) is 4.07. The summed E-state index contributed by atoms with van der Waals surface area (Å²) in [7, 11) is 2.16. The lowest BCUT2D eigenvalue weighted by Gasteiger charge is -2.29. The number of nitrogens with zero attached hydrogens (tertiary/aromatic N) is 4. The van der Waals surface area contributed by atoms with Crippen LogP contribution in [0.4, 0.5) is 16.2 Å². The van der Waals surface area contributed by atoms with Crippen molar-refractivity contribution in [3.05, 3.63) is 51.9 Å². The zero-order valence-corrected chi connectivity index (χ0v) is 19.1. The van der Waals surface area contributed by atoms with Crippen molar-refractivity contribution in [1.29, 1.82) is 0 Å². The number of anilines is 2. The summed E-state index contributed by atoms with van der Waals surface area (Å²) in [5.74, 6) is 1.37. The molecular formula is C24H26FN5OS. The lowest BCUT2D eigenvalue weighted by atomic mass is 9.91. The lowest BCUT2D eigenvalue weighted by Crippen LogP contribution is -2.29. The van der Waals surface area contributed by atoms with E-state index in [2.05, 4.69) is 38.3 Å². The molecular weight excluding hydrogens is 425 g/mol. The minimum Gasteiger partial charge on any atom is -0.309 e. The SMILES string of the molecule is Cc1c(-c2nc(Nc3ccc(C4CCN(C)CC4)cn3)ncc2F)sc(C2CC2)c1C=O. The Balaban J connectivity index is 1.37. The van der Waals surface area contributed by atoms with E-state index in [1.54, 1.807) is 0 Å². The van der Waals surface area contributed by atoms with E-state index in [1.807, 2.05) is 19.2 Å². The first kappa shape index (κ1) is 21.2. The van der Waals surface area contributed by atoms with Gasteiger partial charge < -0.3 is 10.2 Å². The summed E-state index contributed by atoms with van der Waals surface area (Å²) in [6.07, 6.45) is 8.41. The molecule has 166 valence electrons. The van der Waals surface area contributed by atoms with Crippen molar-refractivity contribution >= 4 is 29.4 Å². The number of carbonyl (C=O) groups excluding carboxylic acids is 1. The molecule has 0 aromatic carbocycles. The number of nitrogens with one attached hydrogen (secondary N) is 1. The van der Waals surface area contributed by atoms with Gasteiger partial charge in [0.15, 0.2) is 12.1 Å². The van der Waals surface area contributed by atoms with Crippen molar-refractivity contribution < 1.29 is 9.18 Å². The van der Waals surface area contributed by atoms with Crippen molar-refractivity contribution in [3.63, 3.8) is 0 Å². The number of piperidine rings is 1. The fraction of sp³-hybridized carbons (Fsp3) is 0.417. The minimum atomic E-state index is -0.495. The highest BCUT2D eigenvalue weighted by atomic mass is 32.1. The summed E-state index contributed by atoms with van der Waals surface area (Å²) in [5, 5.41) is 3.10. The third kappa shape index (κ3) is 4.17. The smallest absolute Gasteiger partial charge is 0.229 e. The van der Waals surface area contributed by atoms with Gasteiger partial charge in [0.1, 0.15) is 11.5 Å². The molecule has 5 rings (SSSR count). The van der Waals surface area contributed by atoms with Crippen LogP contribution in [-0.4, -0.2) is 46.3 Å².